The Kier molecular flexibility index (Phi) is 8.55. The van der Waals surface area contributed by atoms with Crippen LogP contribution in [0.15, 0.2) is 243 Å². The van der Waals surface area contributed by atoms with Crippen molar-refractivity contribution >= 4 is 120 Å². The van der Waals surface area contributed by atoms with Crippen LogP contribution >= 0.6 is 0 Å². The first kappa shape index (κ1) is 41.4. The van der Waals surface area contributed by atoms with Gasteiger partial charge in [0.25, 0.3) is 0 Å². The fourth-order valence-electron chi connectivity index (χ4n) is 13.1. The quantitative estimate of drug-likeness (QED) is 0.173. The molecule has 5 heterocycles. The van der Waals surface area contributed by atoms with E-state index < -0.39 is 0 Å². The number of fused-ring (bicyclic) bond motifs is 20. The van der Waals surface area contributed by atoms with Gasteiger partial charge >= 0.3 is 0 Å². The van der Waals surface area contributed by atoms with Gasteiger partial charge in [0.2, 0.25) is 11.9 Å². The van der Waals surface area contributed by atoms with Gasteiger partial charge in [-0.05, 0) is 52.9 Å². The Morgan fingerprint density at radius 1 is 0.329 bits per heavy atom. The van der Waals surface area contributed by atoms with Crippen LogP contribution in [0.2, 0.25) is 0 Å². The van der Waals surface area contributed by atoms with Crippen molar-refractivity contribution < 1.29 is 0 Å². The summed E-state index contributed by atoms with van der Waals surface area (Å²) in [5.74, 6) is 1.67. The molecule has 17 rings (SSSR count). The highest BCUT2D eigenvalue weighted by Gasteiger charge is 2.29. The second-order valence-corrected chi connectivity index (χ2v) is 20.2. The van der Waals surface area contributed by atoms with Crippen molar-refractivity contribution in [3.8, 4) is 29.0 Å². The molecule has 1 unspecified atom stereocenters. The van der Waals surface area contributed by atoms with Crippen LogP contribution in [0.25, 0.3) is 149 Å². The number of rotatable bonds is 5. The third-order valence-corrected chi connectivity index (χ3v) is 16.3. The molecule has 7 heteroatoms. The molecule has 0 saturated heterocycles. The summed E-state index contributed by atoms with van der Waals surface area (Å²) in [6, 6.07) is 79.3. The molecule has 0 saturated carbocycles. The molecular weight excluding hydrogens is 927 g/mol. The lowest BCUT2D eigenvalue weighted by Crippen LogP contribution is -2.11. The number of para-hydroxylation sites is 2. The van der Waals surface area contributed by atoms with E-state index in [1.54, 1.807) is 0 Å². The molecule has 354 valence electrons. The van der Waals surface area contributed by atoms with Gasteiger partial charge < -0.3 is 9.13 Å². The maximum absolute atomic E-state index is 5.91. The van der Waals surface area contributed by atoms with Crippen molar-refractivity contribution in [3.63, 3.8) is 0 Å². The molecule has 0 N–H and O–H groups in total. The normalized spacial score (nSPS) is 14.0. The van der Waals surface area contributed by atoms with Crippen LogP contribution < -0.4 is 0 Å². The Bertz CT molecular complexity index is 5200. The average molecular weight is 970 g/mol. The predicted octanol–water partition coefficient (Wildman–Crippen LogP) is 17.5. The Labute approximate surface area is 434 Å². The molecule has 1 aliphatic rings. The summed E-state index contributed by atoms with van der Waals surface area (Å²) in [6.07, 6.45) is 9.89. The van der Waals surface area contributed by atoms with Crippen LogP contribution in [0.1, 0.15) is 12.5 Å². The summed E-state index contributed by atoms with van der Waals surface area (Å²) in [4.78, 5) is 17.2. The van der Waals surface area contributed by atoms with Crippen LogP contribution in [0, 0.1) is 0 Å². The Hall–Kier alpha value is -10.1. The van der Waals surface area contributed by atoms with Gasteiger partial charge in [0.1, 0.15) is 0 Å². The van der Waals surface area contributed by atoms with Crippen molar-refractivity contribution in [2.75, 3.05) is 0 Å². The topological polar surface area (TPSA) is 58.4 Å². The lowest BCUT2D eigenvalue weighted by molar-refractivity contribution is 0.649. The van der Waals surface area contributed by atoms with Crippen LogP contribution in [0.4, 0.5) is 0 Å². The standard InChI is InChI=1S/C69H43N7/c1-4-21-45(22-5-1)67-70-68(75-62-48-27-13-10-18-42(48)32-35-51(62)53-38-40-58-60(65(53)75)55-30-16-17-31-57(55)73(58)46-23-6-2-7-24-46)72-69(71-67)76-63-49-28-14-11-19-43(49)33-36-52(63)54-39-41-59-61(66(54)76)56-37-34-44-20-12-15-29-50(44)64(56)74(59)47-25-8-3-9-26-47/h1-25,27-41,47H,26H2. The van der Waals surface area contributed by atoms with E-state index in [9.17, 15) is 0 Å². The van der Waals surface area contributed by atoms with Crippen molar-refractivity contribution in [1.82, 2.24) is 33.2 Å². The van der Waals surface area contributed by atoms with E-state index in [2.05, 4.69) is 261 Å². The summed E-state index contributed by atoms with van der Waals surface area (Å²) in [5, 5.41) is 16.2. The highest BCUT2D eigenvalue weighted by molar-refractivity contribution is 6.31. The van der Waals surface area contributed by atoms with E-state index in [4.69, 9.17) is 15.0 Å². The maximum atomic E-state index is 5.91. The van der Waals surface area contributed by atoms with Gasteiger partial charge in [-0.3, -0.25) is 9.13 Å². The lowest BCUT2D eigenvalue weighted by Gasteiger charge is -2.19. The molecule has 0 amide bonds. The van der Waals surface area contributed by atoms with Crippen LogP contribution in [0.5, 0.6) is 0 Å². The summed E-state index contributed by atoms with van der Waals surface area (Å²) in [7, 11) is 0. The van der Waals surface area contributed by atoms with Crippen LogP contribution in [0.3, 0.4) is 0 Å². The molecule has 1 atom stereocenters. The Morgan fingerprint density at radius 3 is 1.42 bits per heavy atom. The molecular formula is C69H43N7. The van der Waals surface area contributed by atoms with E-state index in [-0.39, 0.29) is 6.04 Å². The van der Waals surface area contributed by atoms with E-state index in [0.29, 0.717) is 17.7 Å². The minimum absolute atomic E-state index is 0.121. The van der Waals surface area contributed by atoms with Gasteiger partial charge in [0.15, 0.2) is 5.82 Å². The second kappa shape index (κ2) is 15.7. The molecule has 1 aliphatic carbocycles. The predicted molar refractivity (Wildman–Crippen MR) is 316 cm³/mol. The Morgan fingerprint density at radius 2 is 0.816 bits per heavy atom. The first-order valence-electron chi connectivity index (χ1n) is 26.1. The smallest absolute Gasteiger partial charge is 0.240 e. The molecule has 0 radical (unpaired) electrons. The summed E-state index contributed by atoms with van der Waals surface area (Å²) < 4.78 is 9.72. The van der Waals surface area contributed by atoms with E-state index in [1.165, 1.54) is 32.6 Å². The Balaban J connectivity index is 1.08. The van der Waals surface area contributed by atoms with E-state index in [0.717, 1.165) is 105 Å². The zero-order chi connectivity index (χ0) is 49.6. The number of allylic oxidation sites excluding steroid dienone is 4. The van der Waals surface area contributed by atoms with E-state index in [1.807, 2.05) is 0 Å². The monoisotopic (exact) mass is 969 g/mol. The largest absolute Gasteiger partial charge is 0.333 e. The molecule has 11 aromatic carbocycles. The van der Waals surface area contributed by atoms with Crippen molar-refractivity contribution in [1.29, 1.82) is 0 Å². The number of aromatic nitrogens is 7. The maximum Gasteiger partial charge on any atom is 0.240 e. The van der Waals surface area contributed by atoms with Crippen LogP contribution in [-0.2, 0) is 0 Å². The average Bonchev–Trinajstić information content (AvgIpc) is 4.32. The van der Waals surface area contributed by atoms with Gasteiger partial charge in [0, 0.05) is 70.5 Å². The third-order valence-electron chi connectivity index (χ3n) is 16.3. The number of hydrogen-bond donors (Lipinski definition) is 0. The van der Waals surface area contributed by atoms with Gasteiger partial charge in [0.05, 0.1) is 50.2 Å². The fraction of sp³-hybridized carbons (Fsp3) is 0.0290. The number of benzene rings is 11. The van der Waals surface area contributed by atoms with E-state index >= 15 is 0 Å². The van der Waals surface area contributed by atoms with Gasteiger partial charge in [-0.25, -0.2) is 0 Å². The lowest BCUT2D eigenvalue weighted by atomic mass is 10.0. The fourth-order valence-corrected chi connectivity index (χ4v) is 13.1. The highest BCUT2D eigenvalue weighted by Crippen LogP contribution is 2.47. The molecule has 0 fully saturated rings. The molecule has 0 bridgehead atoms. The van der Waals surface area contributed by atoms with Gasteiger partial charge in [-0.2, -0.15) is 15.0 Å². The third kappa shape index (κ3) is 5.68. The number of nitrogens with zero attached hydrogens (tertiary/aromatic N) is 7. The number of hydrogen-bond acceptors (Lipinski definition) is 3. The molecule has 0 aliphatic heterocycles. The summed E-state index contributed by atoms with van der Waals surface area (Å²) in [5.41, 5.74) is 10.9. The van der Waals surface area contributed by atoms with Gasteiger partial charge in [-0.15, -0.1) is 0 Å². The molecule has 7 nitrogen and oxygen atoms in total. The highest BCUT2D eigenvalue weighted by atomic mass is 15.3. The molecule has 0 spiro atoms. The minimum Gasteiger partial charge on any atom is -0.333 e. The molecule has 16 aromatic rings. The van der Waals surface area contributed by atoms with Crippen molar-refractivity contribution in [2.45, 2.75) is 12.5 Å². The molecule has 76 heavy (non-hydrogen) atoms. The van der Waals surface area contributed by atoms with Crippen molar-refractivity contribution in [2.24, 2.45) is 0 Å². The second-order valence-electron chi connectivity index (χ2n) is 20.2. The van der Waals surface area contributed by atoms with Crippen molar-refractivity contribution in [3.05, 3.63) is 243 Å². The minimum atomic E-state index is 0.121. The zero-order valence-electron chi connectivity index (χ0n) is 41.0. The first-order chi connectivity index (χ1) is 37.7. The van der Waals surface area contributed by atoms with Crippen LogP contribution in [-0.4, -0.2) is 33.2 Å². The first-order valence-corrected chi connectivity index (χ1v) is 26.1. The zero-order valence-corrected chi connectivity index (χ0v) is 41.0. The van der Waals surface area contributed by atoms with Gasteiger partial charge in [-0.1, -0.05) is 212 Å². The summed E-state index contributed by atoms with van der Waals surface area (Å²) >= 11 is 0. The summed E-state index contributed by atoms with van der Waals surface area (Å²) in [6.45, 7) is 0. The molecule has 5 aromatic heterocycles. The SMILES string of the molecule is C1=CCC(n2c3ccc4c5ccc6ccccc6c5n(-c5nc(-c6ccccc6)nc(-n6c7c8ccccc8ccc7c7ccc8c(c9ccccc9n8-c8ccccc8)c76)n5)c4c3c3ccc4ccccc4c32)C=C1.